The summed E-state index contributed by atoms with van der Waals surface area (Å²) in [6, 6.07) is 5.99. The Bertz CT molecular complexity index is 668. The number of nitrogens with zero attached hydrogens (tertiary/aromatic N) is 3. The number of aromatic nitrogens is 3. The molecule has 0 amide bonds. The first-order valence-corrected chi connectivity index (χ1v) is 7.67. The molecule has 5 nitrogen and oxygen atoms in total. The molecule has 8 heteroatoms. The van der Waals surface area contributed by atoms with Gasteiger partial charge in [-0.3, -0.25) is 5.32 Å². The fourth-order valence-electron chi connectivity index (χ4n) is 1.80. The molecule has 0 saturated heterocycles. The molecule has 0 bridgehead atoms. The molecule has 0 unspecified atom stereocenters. The Morgan fingerprint density at radius 2 is 2.14 bits per heavy atom. The highest BCUT2D eigenvalue weighted by Gasteiger charge is 2.22. The van der Waals surface area contributed by atoms with Crippen molar-refractivity contribution in [3.63, 3.8) is 0 Å². The van der Waals surface area contributed by atoms with E-state index in [1.165, 1.54) is 12.8 Å². The molecule has 110 valence electrons. The molecule has 1 aliphatic carbocycles. The van der Waals surface area contributed by atoms with Gasteiger partial charge in [0.2, 0.25) is 5.95 Å². The highest BCUT2D eigenvalue weighted by molar-refractivity contribution is 7.80. The van der Waals surface area contributed by atoms with Gasteiger partial charge >= 0.3 is 0 Å². The van der Waals surface area contributed by atoms with E-state index in [0.717, 1.165) is 5.56 Å². The van der Waals surface area contributed by atoms with E-state index in [9.17, 15) is 0 Å². The first-order valence-electron chi connectivity index (χ1n) is 6.51. The molecule has 0 aliphatic heterocycles. The van der Waals surface area contributed by atoms with Crippen LogP contribution in [0.5, 0.6) is 0 Å². The number of thiocarbonyl (C=S) groups is 1. The zero-order valence-corrected chi connectivity index (χ0v) is 13.3. The number of benzene rings is 1. The summed E-state index contributed by atoms with van der Waals surface area (Å²) < 4.78 is 1.71. The molecule has 3 rings (SSSR count). The van der Waals surface area contributed by atoms with Gasteiger partial charge in [0, 0.05) is 6.04 Å². The minimum atomic E-state index is 0.480. The topological polar surface area (TPSA) is 54.8 Å². The average Bonchev–Trinajstić information content (AvgIpc) is 3.13. The molecule has 1 fully saturated rings. The molecular formula is C13H13Cl2N5S. The van der Waals surface area contributed by atoms with Crippen LogP contribution in [0.15, 0.2) is 24.5 Å². The van der Waals surface area contributed by atoms with Crippen molar-refractivity contribution in [2.45, 2.75) is 25.4 Å². The second kappa shape index (κ2) is 6.17. The zero-order valence-electron chi connectivity index (χ0n) is 11.0. The third-order valence-electron chi connectivity index (χ3n) is 3.00. The summed E-state index contributed by atoms with van der Waals surface area (Å²) in [7, 11) is 0. The average molecular weight is 342 g/mol. The second-order valence-corrected chi connectivity index (χ2v) is 6.11. The molecule has 0 radical (unpaired) electrons. The van der Waals surface area contributed by atoms with Crippen molar-refractivity contribution >= 4 is 46.5 Å². The normalized spacial score (nSPS) is 14.0. The lowest BCUT2D eigenvalue weighted by Gasteiger charge is -2.05. The van der Waals surface area contributed by atoms with Crippen LogP contribution in [0.2, 0.25) is 10.0 Å². The molecule has 1 aromatic heterocycles. The minimum absolute atomic E-state index is 0.480. The molecule has 1 aromatic carbocycles. The summed E-state index contributed by atoms with van der Waals surface area (Å²) in [5, 5.41) is 12.1. The maximum atomic E-state index is 5.99. The third-order valence-corrected chi connectivity index (χ3v) is 3.96. The molecule has 0 atom stereocenters. The number of hydrogen-bond donors (Lipinski definition) is 2. The van der Waals surface area contributed by atoms with E-state index in [1.54, 1.807) is 17.1 Å². The van der Waals surface area contributed by atoms with E-state index in [-0.39, 0.29) is 0 Å². The largest absolute Gasteiger partial charge is 0.360 e. The van der Waals surface area contributed by atoms with Gasteiger partial charge in [-0.1, -0.05) is 29.3 Å². The van der Waals surface area contributed by atoms with Crippen LogP contribution in [-0.4, -0.2) is 25.9 Å². The summed E-state index contributed by atoms with van der Waals surface area (Å²) in [5.41, 5.74) is 1.000. The zero-order chi connectivity index (χ0) is 14.8. The van der Waals surface area contributed by atoms with Crippen molar-refractivity contribution in [3.05, 3.63) is 40.1 Å². The first kappa shape index (κ1) is 14.6. The SMILES string of the molecule is S=C(Nc1ncn(Cc2ccc(Cl)c(Cl)c2)n1)NC1CC1. The lowest BCUT2D eigenvalue weighted by Crippen LogP contribution is -2.30. The monoisotopic (exact) mass is 341 g/mol. The smallest absolute Gasteiger partial charge is 0.248 e. The number of halogens is 2. The van der Waals surface area contributed by atoms with Crippen molar-refractivity contribution < 1.29 is 0 Å². The Balaban J connectivity index is 1.61. The van der Waals surface area contributed by atoms with Crippen LogP contribution in [0, 0.1) is 0 Å². The van der Waals surface area contributed by atoms with Crippen molar-refractivity contribution in [2.24, 2.45) is 0 Å². The maximum Gasteiger partial charge on any atom is 0.248 e. The van der Waals surface area contributed by atoms with E-state index in [4.69, 9.17) is 35.4 Å². The molecule has 1 heterocycles. The van der Waals surface area contributed by atoms with Gasteiger partial charge in [-0.05, 0) is 42.8 Å². The Morgan fingerprint density at radius 1 is 1.33 bits per heavy atom. The van der Waals surface area contributed by atoms with Gasteiger partial charge in [0.25, 0.3) is 0 Å². The van der Waals surface area contributed by atoms with E-state index < -0.39 is 0 Å². The van der Waals surface area contributed by atoms with Crippen LogP contribution in [0.4, 0.5) is 5.95 Å². The standard InChI is InChI=1S/C13H13Cl2N5S/c14-10-4-1-8(5-11(10)15)6-20-7-16-12(19-20)18-13(21)17-9-2-3-9/h1,4-5,7,9H,2-3,6H2,(H2,17,18,19,21). The van der Waals surface area contributed by atoms with Gasteiger partial charge in [-0.2, -0.15) is 0 Å². The van der Waals surface area contributed by atoms with Gasteiger partial charge in [-0.25, -0.2) is 9.67 Å². The van der Waals surface area contributed by atoms with E-state index in [0.29, 0.717) is 33.7 Å². The molecule has 21 heavy (non-hydrogen) atoms. The molecule has 1 aliphatic rings. The summed E-state index contributed by atoms with van der Waals surface area (Å²) in [5.74, 6) is 0.480. The Morgan fingerprint density at radius 3 is 2.86 bits per heavy atom. The van der Waals surface area contributed by atoms with Crippen molar-refractivity contribution in [2.75, 3.05) is 5.32 Å². The fourth-order valence-corrected chi connectivity index (χ4v) is 2.38. The van der Waals surface area contributed by atoms with Crippen LogP contribution in [0.25, 0.3) is 0 Å². The Kier molecular flexibility index (Phi) is 4.28. The highest BCUT2D eigenvalue weighted by atomic mass is 35.5. The van der Waals surface area contributed by atoms with E-state index in [1.807, 2.05) is 12.1 Å². The Hall–Kier alpha value is -1.37. The molecule has 2 N–H and O–H groups in total. The molecular weight excluding hydrogens is 329 g/mol. The fraction of sp³-hybridized carbons (Fsp3) is 0.308. The predicted molar refractivity (Wildman–Crippen MR) is 88.0 cm³/mol. The second-order valence-electron chi connectivity index (χ2n) is 4.89. The third kappa shape index (κ3) is 4.06. The highest BCUT2D eigenvalue weighted by Crippen LogP contribution is 2.23. The van der Waals surface area contributed by atoms with Crippen LogP contribution in [-0.2, 0) is 6.54 Å². The number of nitrogens with one attached hydrogen (secondary N) is 2. The number of rotatable bonds is 4. The lowest BCUT2D eigenvalue weighted by atomic mass is 10.2. The van der Waals surface area contributed by atoms with Gasteiger partial charge in [0.15, 0.2) is 5.11 Å². The summed E-state index contributed by atoms with van der Waals surface area (Å²) in [4.78, 5) is 4.17. The van der Waals surface area contributed by atoms with Crippen molar-refractivity contribution in [1.29, 1.82) is 0 Å². The van der Waals surface area contributed by atoms with Gasteiger partial charge < -0.3 is 5.32 Å². The van der Waals surface area contributed by atoms with E-state index in [2.05, 4.69) is 20.7 Å². The first-order chi connectivity index (χ1) is 10.1. The van der Waals surface area contributed by atoms with Gasteiger partial charge in [0.1, 0.15) is 6.33 Å². The van der Waals surface area contributed by atoms with Crippen LogP contribution in [0.3, 0.4) is 0 Å². The quantitative estimate of drug-likeness (QED) is 0.837. The lowest BCUT2D eigenvalue weighted by molar-refractivity contribution is 0.687. The van der Waals surface area contributed by atoms with Gasteiger partial charge in [-0.15, -0.1) is 5.10 Å². The predicted octanol–water partition coefficient (Wildman–Crippen LogP) is 3.08. The van der Waals surface area contributed by atoms with E-state index >= 15 is 0 Å². The van der Waals surface area contributed by atoms with Gasteiger partial charge in [0.05, 0.1) is 16.6 Å². The Labute approximate surface area is 137 Å². The van der Waals surface area contributed by atoms with Crippen LogP contribution in [0.1, 0.15) is 18.4 Å². The van der Waals surface area contributed by atoms with Crippen molar-refractivity contribution in [3.8, 4) is 0 Å². The summed E-state index contributed by atoms with van der Waals surface area (Å²) in [6.45, 7) is 0.564. The molecule has 0 spiro atoms. The summed E-state index contributed by atoms with van der Waals surface area (Å²) in [6.07, 6.45) is 3.98. The maximum absolute atomic E-state index is 5.99. The van der Waals surface area contributed by atoms with Crippen LogP contribution < -0.4 is 10.6 Å². The van der Waals surface area contributed by atoms with Crippen LogP contribution >= 0.6 is 35.4 Å². The molecule has 1 saturated carbocycles. The van der Waals surface area contributed by atoms with Crippen molar-refractivity contribution in [1.82, 2.24) is 20.1 Å². The summed E-state index contributed by atoms with van der Waals surface area (Å²) >= 11 is 17.1. The molecule has 2 aromatic rings. The minimum Gasteiger partial charge on any atom is -0.360 e. The number of anilines is 1. The number of hydrogen-bond acceptors (Lipinski definition) is 3.